The Morgan fingerprint density at radius 3 is 1.59 bits per heavy atom. The van der Waals surface area contributed by atoms with Gasteiger partial charge in [0.1, 0.15) is 0 Å². The van der Waals surface area contributed by atoms with Gasteiger partial charge in [-0.15, -0.1) is 0 Å². The van der Waals surface area contributed by atoms with Crippen molar-refractivity contribution in [3.05, 3.63) is 0 Å². The van der Waals surface area contributed by atoms with Gasteiger partial charge in [-0.1, -0.05) is 0 Å². The third kappa shape index (κ3) is 2.25. The summed E-state index contributed by atoms with van der Waals surface area (Å²) in [6.45, 7) is 8.95. The predicted octanol–water partition coefficient (Wildman–Crippen LogP) is 1.50. The van der Waals surface area contributed by atoms with Crippen LogP contribution in [0.3, 0.4) is 0 Å². The number of rotatable bonds is 8. The first-order valence-corrected chi connectivity index (χ1v) is 6.21. The molecule has 0 aliphatic heterocycles. The van der Waals surface area contributed by atoms with E-state index in [1.54, 1.807) is 0 Å². The maximum Gasteiger partial charge on any atom is 0.285 e. The van der Waals surface area contributed by atoms with E-state index in [1.165, 1.54) is 0 Å². The number of hydrogen-bond donors (Lipinski definition) is 0. The highest BCUT2D eigenvalue weighted by Gasteiger charge is 2.71. The zero-order valence-corrected chi connectivity index (χ0v) is 11.1. The largest absolute Gasteiger partial charge is 0.345 e. The number of hydrogen-bond acceptors (Lipinski definition) is 5. The molecule has 17 heavy (non-hydrogen) atoms. The maximum absolute atomic E-state index is 11.9. The van der Waals surface area contributed by atoms with Gasteiger partial charge >= 0.3 is 0 Å². The Morgan fingerprint density at radius 2 is 1.29 bits per heavy atom. The summed E-state index contributed by atoms with van der Waals surface area (Å²) in [5, 5.41) is 0. The van der Waals surface area contributed by atoms with Crippen LogP contribution in [0.25, 0.3) is 0 Å². The Balaban J connectivity index is 2.97. The molecule has 1 aliphatic carbocycles. The normalized spacial score (nSPS) is 21.3. The minimum Gasteiger partial charge on any atom is -0.345 e. The van der Waals surface area contributed by atoms with Gasteiger partial charge < -0.3 is 18.9 Å². The quantitative estimate of drug-likeness (QED) is 0.607. The third-order valence-corrected chi connectivity index (χ3v) is 2.71. The molecule has 1 rings (SSSR count). The molecule has 0 heterocycles. The van der Waals surface area contributed by atoms with Gasteiger partial charge in [0.2, 0.25) is 11.6 Å². The number of carbonyl (C=O) groups excluding carboxylic acids is 1. The number of Topliss-reactive ketones (excluding diaryl/α,β-unsaturated/α-hetero) is 1. The molecule has 1 fully saturated rings. The van der Waals surface area contributed by atoms with E-state index in [1.807, 2.05) is 27.7 Å². The molecule has 0 aromatic heterocycles. The van der Waals surface area contributed by atoms with Crippen molar-refractivity contribution in [3.63, 3.8) is 0 Å². The Kier molecular flexibility index (Phi) is 5.06. The van der Waals surface area contributed by atoms with Gasteiger partial charge in [-0.3, -0.25) is 4.79 Å². The third-order valence-electron chi connectivity index (χ3n) is 2.71. The number of ketones is 1. The van der Waals surface area contributed by atoms with E-state index in [9.17, 15) is 4.79 Å². The van der Waals surface area contributed by atoms with E-state index in [2.05, 4.69) is 0 Å². The number of ether oxygens (including phenoxy) is 4. The Bertz CT molecular complexity index is 252. The lowest BCUT2D eigenvalue weighted by Gasteiger charge is -2.53. The second-order valence-corrected chi connectivity index (χ2v) is 3.70. The van der Waals surface area contributed by atoms with Crippen LogP contribution in [0.2, 0.25) is 0 Å². The van der Waals surface area contributed by atoms with Crippen LogP contribution < -0.4 is 0 Å². The van der Waals surface area contributed by atoms with Crippen LogP contribution in [0.4, 0.5) is 0 Å². The molecule has 0 bridgehead atoms. The van der Waals surface area contributed by atoms with Crippen LogP contribution in [0, 0.1) is 0 Å². The van der Waals surface area contributed by atoms with E-state index in [4.69, 9.17) is 18.9 Å². The highest BCUT2D eigenvalue weighted by atomic mass is 16.8. The van der Waals surface area contributed by atoms with Gasteiger partial charge in [-0.2, -0.15) is 0 Å². The Labute approximate surface area is 102 Å². The highest BCUT2D eigenvalue weighted by molar-refractivity contribution is 5.95. The van der Waals surface area contributed by atoms with Gasteiger partial charge in [0.05, 0.1) is 6.42 Å². The van der Waals surface area contributed by atoms with Crippen molar-refractivity contribution >= 4 is 5.78 Å². The molecule has 0 radical (unpaired) electrons. The van der Waals surface area contributed by atoms with Gasteiger partial charge in [0.15, 0.2) is 0 Å². The van der Waals surface area contributed by atoms with Crippen molar-refractivity contribution in [2.75, 3.05) is 26.4 Å². The van der Waals surface area contributed by atoms with Crippen molar-refractivity contribution in [1.29, 1.82) is 0 Å². The molecule has 100 valence electrons. The molecule has 0 atom stereocenters. The molecule has 1 saturated carbocycles. The molecule has 0 saturated heterocycles. The zero-order valence-electron chi connectivity index (χ0n) is 11.1. The average molecular weight is 246 g/mol. The summed E-state index contributed by atoms with van der Waals surface area (Å²) in [4.78, 5) is 11.9. The van der Waals surface area contributed by atoms with E-state index < -0.39 is 11.6 Å². The monoisotopic (exact) mass is 246 g/mol. The second kappa shape index (κ2) is 5.91. The SMILES string of the molecule is CCOC1(OCC)CC(=O)C1(OCC)OCC. The molecule has 0 aromatic rings. The lowest BCUT2D eigenvalue weighted by molar-refractivity contribution is -0.415. The van der Waals surface area contributed by atoms with Crippen molar-refractivity contribution in [2.45, 2.75) is 45.7 Å². The first-order chi connectivity index (χ1) is 8.12. The predicted molar refractivity (Wildman–Crippen MR) is 61.6 cm³/mol. The summed E-state index contributed by atoms with van der Waals surface area (Å²) in [5.74, 6) is -2.59. The molecule has 1 aliphatic rings. The Hall–Kier alpha value is -0.490. The first-order valence-electron chi connectivity index (χ1n) is 6.21. The van der Waals surface area contributed by atoms with Crippen molar-refractivity contribution in [1.82, 2.24) is 0 Å². The smallest absolute Gasteiger partial charge is 0.285 e. The standard InChI is InChI=1S/C12H22O5/c1-5-14-11(15-6-2)9-10(13)12(11,16-7-3)17-8-4/h5-9H2,1-4H3. The fourth-order valence-corrected chi connectivity index (χ4v) is 2.18. The molecule has 0 amide bonds. The van der Waals surface area contributed by atoms with Crippen molar-refractivity contribution in [3.8, 4) is 0 Å². The molecule has 0 N–H and O–H groups in total. The van der Waals surface area contributed by atoms with Crippen LogP contribution >= 0.6 is 0 Å². The van der Waals surface area contributed by atoms with Gasteiger partial charge in [-0.25, -0.2) is 0 Å². The number of carbonyl (C=O) groups is 1. The summed E-state index contributed by atoms with van der Waals surface area (Å²) in [6.07, 6.45) is 0.175. The molecule has 5 heteroatoms. The maximum atomic E-state index is 11.9. The molecule has 5 nitrogen and oxygen atoms in total. The summed E-state index contributed by atoms with van der Waals surface area (Å²) in [6, 6.07) is 0. The summed E-state index contributed by atoms with van der Waals surface area (Å²) in [5.41, 5.74) is 0. The second-order valence-electron chi connectivity index (χ2n) is 3.70. The lowest BCUT2D eigenvalue weighted by Crippen LogP contribution is -2.75. The van der Waals surface area contributed by atoms with E-state index >= 15 is 0 Å². The van der Waals surface area contributed by atoms with Crippen molar-refractivity contribution < 1.29 is 23.7 Å². The zero-order chi connectivity index (χ0) is 12.9. The molecular weight excluding hydrogens is 224 g/mol. The summed E-state index contributed by atoms with van der Waals surface area (Å²) < 4.78 is 22.2. The van der Waals surface area contributed by atoms with Crippen molar-refractivity contribution in [2.24, 2.45) is 0 Å². The fraction of sp³-hybridized carbons (Fsp3) is 0.917. The summed E-state index contributed by atoms with van der Waals surface area (Å²) >= 11 is 0. The van der Waals surface area contributed by atoms with Crippen LogP contribution in [-0.4, -0.2) is 43.8 Å². The minimum atomic E-state index is -1.39. The molecule has 0 unspecified atom stereocenters. The van der Waals surface area contributed by atoms with E-state index in [-0.39, 0.29) is 12.2 Å². The summed E-state index contributed by atoms with van der Waals surface area (Å²) in [7, 11) is 0. The van der Waals surface area contributed by atoms with Crippen LogP contribution in [0.1, 0.15) is 34.1 Å². The van der Waals surface area contributed by atoms with Crippen LogP contribution in [0.15, 0.2) is 0 Å². The van der Waals surface area contributed by atoms with Gasteiger partial charge in [0.25, 0.3) is 5.79 Å². The molecule has 0 spiro atoms. The topological polar surface area (TPSA) is 54.0 Å². The van der Waals surface area contributed by atoms with Crippen LogP contribution in [-0.2, 0) is 23.7 Å². The van der Waals surface area contributed by atoms with Crippen LogP contribution in [0.5, 0.6) is 0 Å². The van der Waals surface area contributed by atoms with E-state index in [0.717, 1.165) is 0 Å². The average Bonchev–Trinajstić information content (AvgIpc) is 2.29. The highest BCUT2D eigenvalue weighted by Crippen LogP contribution is 2.47. The van der Waals surface area contributed by atoms with E-state index in [0.29, 0.717) is 26.4 Å². The fourth-order valence-electron chi connectivity index (χ4n) is 2.18. The first kappa shape index (κ1) is 14.6. The molecule has 0 aromatic carbocycles. The van der Waals surface area contributed by atoms with Gasteiger partial charge in [-0.05, 0) is 27.7 Å². The molecular formula is C12H22O5. The van der Waals surface area contributed by atoms with Gasteiger partial charge in [0, 0.05) is 26.4 Å². The lowest BCUT2D eigenvalue weighted by atomic mass is 9.80. The minimum absolute atomic E-state index is 0.122. The Morgan fingerprint density at radius 1 is 0.882 bits per heavy atom.